The Morgan fingerprint density at radius 3 is 1.11 bits per heavy atom. The van der Waals surface area contributed by atoms with Crippen molar-refractivity contribution >= 4 is 35.8 Å². The van der Waals surface area contributed by atoms with Gasteiger partial charge in [-0.15, -0.1) is 0 Å². The molecule has 0 bridgehead atoms. The van der Waals surface area contributed by atoms with Crippen LogP contribution in [0.4, 0.5) is 0 Å². The van der Waals surface area contributed by atoms with Crippen LogP contribution in [0.5, 0.6) is 0 Å². The van der Waals surface area contributed by atoms with Gasteiger partial charge in [0.15, 0.2) is 0 Å². The fourth-order valence-corrected chi connectivity index (χ4v) is 0. The van der Waals surface area contributed by atoms with Gasteiger partial charge < -0.3 is 25.3 Å². The maximum Gasteiger partial charge on any atom is 4.00 e. The van der Waals surface area contributed by atoms with Crippen LogP contribution in [0, 0.1) is 36.9 Å². The largest absolute Gasteiger partial charge is 4.00 e. The van der Waals surface area contributed by atoms with Crippen LogP contribution < -0.4 is 10.2 Å². The van der Waals surface area contributed by atoms with Crippen molar-refractivity contribution in [1.82, 2.24) is 0 Å². The number of carboxylic acids is 2. The van der Waals surface area contributed by atoms with E-state index in [1.165, 1.54) is 0 Å². The van der Waals surface area contributed by atoms with Crippen molar-refractivity contribution in [2.24, 2.45) is 0 Å². The van der Waals surface area contributed by atoms with Gasteiger partial charge in [-0.3, -0.25) is 0 Å². The van der Waals surface area contributed by atoms with E-state index in [-0.39, 0.29) is 66.3 Å². The summed E-state index contributed by atoms with van der Waals surface area (Å²) in [6, 6.07) is 0. The predicted octanol–water partition coefficient (Wildman–Crippen LogP) is -4.72. The Morgan fingerprint density at radius 1 is 1.00 bits per heavy atom. The minimum atomic E-state index is -2.19. The fraction of sp³-hybridized carbons (Fsp3) is 0. The third-order valence-corrected chi connectivity index (χ3v) is 0.167. The molecule has 5 nitrogen and oxygen atoms in total. The summed E-state index contributed by atoms with van der Waals surface area (Å²) >= 11 is 0. The number of carbonyl (C=O) groups excluding carboxylic acids is 2. The maximum absolute atomic E-state index is 8.93. The molecule has 0 unspecified atom stereocenters. The zero-order chi connectivity index (χ0) is 5.15. The Bertz CT molecular complexity index is 81.0. The van der Waals surface area contributed by atoms with Gasteiger partial charge in [0, 0.05) is 0 Å². The summed E-state index contributed by atoms with van der Waals surface area (Å²) < 4.78 is 0. The Balaban J connectivity index is -0.0000000417. The van der Waals surface area contributed by atoms with Gasteiger partial charge in [-0.05, 0) is 0 Å². The summed E-state index contributed by atoms with van der Waals surface area (Å²) in [6.07, 6.45) is 0. The molecule has 0 heterocycles. The molecule has 0 aromatic rings. The van der Waals surface area contributed by atoms with E-state index >= 15 is 0 Å². The number of hydrogen-bond donors (Lipinski definition) is 0. The Labute approximate surface area is 96.9 Å². The molecule has 0 spiro atoms. The Kier molecular flexibility index (Phi) is 29.3. The molecule has 0 amide bonds. The number of carboxylic acid groups (broad SMARTS) is 2. The molecule has 0 aliphatic rings. The predicted molar refractivity (Wildman–Crippen MR) is 19.4 cm³/mol. The minimum absolute atomic E-state index is 0. The van der Waals surface area contributed by atoms with E-state index in [0.29, 0.717) is 0 Å². The van der Waals surface area contributed by atoms with Gasteiger partial charge in [0.25, 0.3) is 0 Å². The van der Waals surface area contributed by atoms with Crippen LogP contribution in [0.3, 0.4) is 0 Å². The second-order valence-electron chi connectivity index (χ2n) is 0.575. The number of rotatable bonds is 0. The number of hydrogen-bond acceptors (Lipinski definition) is 4. The Hall–Kier alpha value is 0.932. The van der Waals surface area contributed by atoms with Gasteiger partial charge in [-0.2, -0.15) is 0 Å². The first-order valence-corrected chi connectivity index (χ1v) is 1.07. The van der Waals surface area contributed by atoms with Gasteiger partial charge in [0.2, 0.25) is 0 Å². The summed E-state index contributed by atoms with van der Waals surface area (Å²) in [5.41, 5.74) is 0. The summed E-state index contributed by atoms with van der Waals surface area (Å²) in [4.78, 5) is 17.9. The molecule has 7 heteroatoms. The smallest absolute Gasteiger partial charge is 0.543 e. The molecule has 0 aliphatic carbocycles. The summed E-state index contributed by atoms with van der Waals surface area (Å²) in [5.74, 6) is -4.37. The second kappa shape index (κ2) is 11.7. The molecule has 9 heavy (non-hydrogen) atoms. The fourth-order valence-electron chi connectivity index (χ4n) is 0. The van der Waals surface area contributed by atoms with Crippen molar-refractivity contribution in [3.63, 3.8) is 0 Å². The molecular weight excluding hydrogens is 392 g/mol. The van der Waals surface area contributed by atoms with Gasteiger partial charge in [-0.1, -0.05) is 0 Å². The van der Waals surface area contributed by atoms with Crippen molar-refractivity contribution in [3.8, 4) is 0 Å². The first-order chi connectivity index (χ1) is 2.64. The van der Waals surface area contributed by atoms with E-state index < -0.39 is 11.9 Å². The molecule has 0 saturated carbocycles. The first kappa shape index (κ1) is 22.5. The summed E-state index contributed by atoms with van der Waals surface area (Å²) in [7, 11) is 0. The van der Waals surface area contributed by atoms with E-state index in [1.807, 2.05) is 0 Å². The average molecular weight is 394 g/mol. The molecule has 0 aromatic carbocycles. The van der Waals surface area contributed by atoms with Gasteiger partial charge in [0.05, 0.1) is 11.9 Å². The van der Waals surface area contributed by atoms with Crippen LogP contribution in [0.25, 0.3) is 0 Å². The molecule has 0 atom stereocenters. The zero-order valence-corrected chi connectivity index (χ0v) is 8.54. The van der Waals surface area contributed by atoms with E-state index in [0.717, 1.165) is 0 Å². The van der Waals surface area contributed by atoms with Crippen molar-refractivity contribution < 1.29 is 62.2 Å². The summed E-state index contributed by atoms with van der Waals surface area (Å²) in [6.45, 7) is 0. The molecular formula is C2H2O5SnTm+5. The van der Waals surface area contributed by atoms with E-state index in [2.05, 4.69) is 0 Å². The number of carbonyl (C=O) groups is 2. The topological polar surface area (TPSA) is 112 Å². The van der Waals surface area contributed by atoms with Crippen LogP contribution in [0.1, 0.15) is 0 Å². The van der Waals surface area contributed by atoms with Crippen LogP contribution in [-0.4, -0.2) is 41.3 Å². The van der Waals surface area contributed by atoms with Gasteiger partial charge in [-0.25, -0.2) is 0 Å². The zero-order valence-electron chi connectivity index (χ0n) is 3.91. The second-order valence-corrected chi connectivity index (χ2v) is 0.575. The van der Waals surface area contributed by atoms with Crippen molar-refractivity contribution in [2.75, 3.05) is 0 Å². The molecule has 0 fully saturated rings. The van der Waals surface area contributed by atoms with E-state index in [4.69, 9.17) is 19.8 Å². The molecule has 2 N–H and O–H groups in total. The molecule has 0 radical (unpaired) electrons. The maximum atomic E-state index is 8.93. The van der Waals surface area contributed by atoms with Crippen molar-refractivity contribution in [1.29, 1.82) is 0 Å². The quantitative estimate of drug-likeness (QED) is 0.304. The minimum Gasteiger partial charge on any atom is -0.543 e. The van der Waals surface area contributed by atoms with E-state index in [1.54, 1.807) is 0 Å². The number of aliphatic carboxylic acids is 2. The normalized spacial score (nSPS) is 4.89. The van der Waals surface area contributed by atoms with Crippen molar-refractivity contribution in [2.45, 2.75) is 0 Å². The molecule has 0 aromatic heterocycles. The van der Waals surface area contributed by atoms with Gasteiger partial charge in [0.1, 0.15) is 0 Å². The molecule has 0 rings (SSSR count). The third kappa shape index (κ3) is 17.6. The monoisotopic (exact) mass is 395 g/mol. The van der Waals surface area contributed by atoms with Crippen molar-refractivity contribution in [3.05, 3.63) is 0 Å². The Morgan fingerprint density at radius 2 is 1.11 bits per heavy atom. The molecule has 0 aliphatic heterocycles. The molecule has 52 valence electrons. The van der Waals surface area contributed by atoms with Gasteiger partial charge >= 0.3 is 60.8 Å². The SMILES string of the molecule is O.O=C([O-])C(=O)[O-].[Sn+4].[Tm+3]. The molecule has 0 saturated heterocycles. The van der Waals surface area contributed by atoms with E-state index in [9.17, 15) is 0 Å². The standard InChI is InChI=1S/C2H2O4.H2O.Sn.Tm/c3-1(4)2(5)6;;;/h(H,3,4)(H,5,6);1H2;;/q;;+4;+3/p-2. The average Bonchev–Trinajstić information content (AvgIpc) is 1.36. The van der Waals surface area contributed by atoms with Crippen LogP contribution >= 0.6 is 0 Å². The van der Waals surface area contributed by atoms with Crippen LogP contribution in [0.2, 0.25) is 0 Å². The first-order valence-electron chi connectivity index (χ1n) is 1.07. The third-order valence-electron chi connectivity index (χ3n) is 0.167. The van der Waals surface area contributed by atoms with Crippen LogP contribution in [-0.2, 0) is 9.59 Å². The summed E-state index contributed by atoms with van der Waals surface area (Å²) in [5, 5.41) is 17.9. The van der Waals surface area contributed by atoms with Crippen LogP contribution in [0.15, 0.2) is 0 Å².